The Bertz CT molecular complexity index is 488. The van der Waals surface area contributed by atoms with Crippen LogP contribution in [0.5, 0.6) is 0 Å². The first kappa shape index (κ1) is 10.6. The van der Waals surface area contributed by atoms with E-state index in [4.69, 9.17) is 10.4 Å². The molecule has 5 nitrogen and oxygen atoms in total. The van der Waals surface area contributed by atoms with Crippen LogP contribution in [-0.4, -0.2) is 24.8 Å². The van der Waals surface area contributed by atoms with E-state index in [1.807, 2.05) is 0 Å². The summed E-state index contributed by atoms with van der Waals surface area (Å²) >= 11 is 0. The number of aliphatic hydroxyl groups excluding tert-OH is 1. The summed E-state index contributed by atoms with van der Waals surface area (Å²) in [5, 5.41) is 17.2. The summed E-state index contributed by atoms with van der Waals surface area (Å²) in [6.45, 7) is -0.320. The first-order valence-corrected chi connectivity index (χ1v) is 5.58. The molecule has 0 radical (unpaired) electrons. The minimum atomic E-state index is -3.44. The molecule has 0 spiro atoms. The van der Waals surface area contributed by atoms with Crippen LogP contribution in [0.2, 0.25) is 0 Å². The van der Waals surface area contributed by atoms with Crippen LogP contribution in [0, 0.1) is 11.3 Å². The highest BCUT2D eigenvalue weighted by Gasteiger charge is 2.11. The summed E-state index contributed by atoms with van der Waals surface area (Å²) in [5.74, 6) is 0. The van der Waals surface area contributed by atoms with Crippen molar-refractivity contribution in [2.24, 2.45) is 0 Å². The van der Waals surface area contributed by atoms with Crippen LogP contribution in [0.25, 0.3) is 0 Å². The third-order valence-corrected chi connectivity index (χ3v) is 2.51. The first-order valence-electron chi connectivity index (χ1n) is 3.69. The molecule has 6 heteroatoms. The van der Waals surface area contributed by atoms with Gasteiger partial charge in [-0.1, -0.05) is 0 Å². The largest absolute Gasteiger partial charge is 0.392 e. The minimum Gasteiger partial charge on any atom is -0.392 e. The molecule has 0 atom stereocenters. The van der Waals surface area contributed by atoms with Crippen LogP contribution in [0.15, 0.2) is 17.2 Å². The van der Waals surface area contributed by atoms with E-state index in [1.54, 1.807) is 6.07 Å². The monoisotopic (exact) mass is 212 g/mol. The Labute approximate surface area is 81.6 Å². The van der Waals surface area contributed by atoms with Crippen molar-refractivity contribution in [2.45, 2.75) is 11.6 Å². The topological polar surface area (TPSA) is 91.0 Å². The highest BCUT2D eigenvalue weighted by molar-refractivity contribution is 7.90. The Hall–Kier alpha value is -1.45. The van der Waals surface area contributed by atoms with Gasteiger partial charge in [0.1, 0.15) is 11.8 Å². The molecule has 1 rings (SSSR count). The van der Waals surface area contributed by atoms with Gasteiger partial charge < -0.3 is 5.11 Å². The molecule has 0 fully saturated rings. The molecule has 1 heterocycles. The van der Waals surface area contributed by atoms with E-state index >= 15 is 0 Å². The number of hydrogen-bond donors (Lipinski definition) is 1. The van der Waals surface area contributed by atoms with Crippen LogP contribution in [0.4, 0.5) is 0 Å². The van der Waals surface area contributed by atoms with Crippen LogP contribution in [-0.2, 0) is 16.4 Å². The van der Waals surface area contributed by atoms with Gasteiger partial charge in [0, 0.05) is 6.26 Å². The van der Waals surface area contributed by atoms with Crippen molar-refractivity contribution in [2.75, 3.05) is 6.26 Å². The quantitative estimate of drug-likeness (QED) is 0.736. The summed E-state index contributed by atoms with van der Waals surface area (Å²) in [6, 6.07) is 4.32. The van der Waals surface area contributed by atoms with Gasteiger partial charge in [-0.2, -0.15) is 5.26 Å². The summed E-state index contributed by atoms with van der Waals surface area (Å²) in [4.78, 5) is 3.61. The predicted octanol–water partition coefficient (Wildman–Crippen LogP) is -0.151. The highest BCUT2D eigenvalue weighted by atomic mass is 32.2. The van der Waals surface area contributed by atoms with Gasteiger partial charge in [-0.15, -0.1) is 0 Å². The lowest BCUT2D eigenvalue weighted by molar-refractivity contribution is 0.281. The number of nitrogens with zero attached hydrogens (tertiary/aromatic N) is 2. The Balaban J connectivity index is 3.41. The highest BCUT2D eigenvalue weighted by Crippen LogP contribution is 2.10. The molecule has 0 aliphatic heterocycles. The molecule has 1 N–H and O–H groups in total. The number of pyridine rings is 1. The van der Waals surface area contributed by atoms with E-state index in [-0.39, 0.29) is 17.3 Å². The van der Waals surface area contributed by atoms with Crippen LogP contribution in [0.1, 0.15) is 11.3 Å². The van der Waals surface area contributed by atoms with E-state index in [2.05, 4.69) is 4.98 Å². The average Bonchev–Trinajstić information content (AvgIpc) is 2.15. The Morgan fingerprint density at radius 3 is 2.64 bits per heavy atom. The van der Waals surface area contributed by atoms with Crippen LogP contribution < -0.4 is 0 Å². The fourth-order valence-electron chi connectivity index (χ4n) is 0.898. The Morgan fingerprint density at radius 1 is 1.57 bits per heavy atom. The molecule has 74 valence electrons. The van der Waals surface area contributed by atoms with E-state index in [9.17, 15) is 8.42 Å². The van der Waals surface area contributed by atoms with Gasteiger partial charge in [-0.25, -0.2) is 13.4 Å². The normalized spacial score (nSPS) is 10.9. The second kappa shape index (κ2) is 3.74. The van der Waals surface area contributed by atoms with Crippen molar-refractivity contribution >= 4 is 9.84 Å². The maximum absolute atomic E-state index is 11.1. The van der Waals surface area contributed by atoms with Crippen molar-refractivity contribution in [1.82, 2.24) is 4.98 Å². The van der Waals surface area contributed by atoms with Gasteiger partial charge in [-0.3, -0.25) is 0 Å². The van der Waals surface area contributed by atoms with Crippen molar-refractivity contribution in [3.8, 4) is 6.07 Å². The molecule has 0 aliphatic rings. The molecule has 0 amide bonds. The average molecular weight is 212 g/mol. The number of hydrogen-bond acceptors (Lipinski definition) is 5. The zero-order valence-corrected chi connectivity index (χ0v) is 8.24. The minimum absolute atomic E-state index is 0.0167. The van der Waals surface area contributed by atoms with Crippen molar-refractivity contribution < 1.29 is 13.5 Å². The van der Waals surface area contributed by atoms with E-state index < -0.39 is 9.84 Å². The molecular weight excluding hydrogens is 204 g/mol. The number of aliphatic hydroxyl groups is 1. The summed E-state index contributed by atoms with van der Waals surface area (Å²) < 4.78 is 22.2. The fourth-order valence-corrected chi connectivity index (χ4v) is 1.53. The lowest BCUT2D eigenvalue weighted by atomic mass is 10.2. The maximum atomic E-state index is 11.1. The molecular formula is C8H8N2O3S. The van der Waals surface area contributed by atoms with E-state index in [1.165, 1.54) is 12.1 Å². The zero-order chi connectivity index (χ0) is 10.8. The fraction of sp³-hybridized carbons (Fsp3) is 0.250. The van der Waals surface area contributed by atoms with Crippen molar-refractivity contribution in [1.29, 1.82) is 5.26 Å². The Kier molecular flexibility index (Phi) is 2.84. The first-order chi connectivity index (χ1) is 6.47. The molecule has 14 heavy (non-hydrogen) atoms. The standard InChI is InChI=1S/C8H8N2O3S/c1-14(12,13)8-3-6(5-11)2-7(4-9)10-8/h2-3,11H,5H2,1H3. The number of rotatable bonds is 2. The molecule has 0 aliphatic carbocycles. The summed E-state index contributed by atoms with van der Waals surface area (Å²) in [6.07, 6.45) is 0.998. The lowest BCUT2D eigenvalue weighted by Crippen LogP contribution is -2.03. The van der Waals surface area contributed by atoms with Gasteiger partial charge in [0.2, 0.25) is 0 Å². The van der Waals surface area contributed by atoms with Crippen LogP contribution in [0.3, 0.4) is 0 Å². The number of nitriles is 1. The molecule has 0 saturated heterocycles. The van der Waals surface area contributed by atoms with Crippen LogP contribution >= 0.6 is 0 Å². The third-order valence-electron chi connectivity index (χ3n) is 1.54. The number of aromatic nitrogens is 1. The third kappa shape index (κ3) is 2.28. The second-order valence-electron chi connectivity index (χ2n) is 2.74. The smallest absolute Gasteiger partial charge is 0.192 e. The predicted molar refractivity (Wildman–Crippen MR) is 48.0 cm³/mol. The SMILES string of the molecule is CS(=O)(=O)c1cc(CO)cc(C#N)n1. The van der Waals surface area contributed by atoms with Gasteiger partial charge >= 0.3 is 0 Å². The number of sulfone groups is 1. The molecule has 0 aromatic carbocycles. The molecule has 0 unspecified atom stereocenters. The van der Waals surface area contributed by atoms with Gasteiger partial charge in [-0.05, 0) is 17.7 Å². The van der Waals surface area contributed by atoms with Gasteiger partial charge in [0.15, 0.2) is 14.9 Å². The van der Waals surface area contributed by atoms with E-state index in [0.29, 0.717) is 5.56 Å². The molecule has 0 bridgehead atoms. The summed E-state index contributed by atoms with van der Waals surface area (Å²) in [7, 11) is -3.44. The van der Waals surface area contributed by atoms with Crippen molar-refractivity contribution in [3.05, 3.63) is 23.4 Å². The zero-order valence-electron chi connectivity index (χ0n) is 7.43. The molecule has 1 aromatic heterocycles. The lowest BCUT2D eigenvalue weighted by Gasteiger charge is -2.01. The summed E-state index contributed by atoms with van der Waals surface area (Å²) in [5.41, 5.74) is 0.342. The van der Waals surface area contributed by atoms with E-state index in [0.717, 1.165) is 6.26 Å². The van der Waals surface area contributed by atoms with Gasteiger partial charge in [0.05, 0.1) is 6.61 Å². The van der Waals surface area contributed by atoms with Gasteiger partial charge in [0.25, 0.3) is 0 Å². The second-order valence-corrected chi connectivity index (χ2v) is 4.70. The molecule has 0 saturated carbocycles. The Morgan fingerprint density at radius 2 is 2.21 bits per heavy atom. The molecule has 1 aromatic rings. The van der Waals surface area contributed by atoms with Crippen molar-refractivity contribution in [3.63, 3.8) is 0 Å². The maximum Gasteiger partial charge on any atom is 0.192 e.